The molecule has 2 unspecified atom stereocenters. The molecule has 0 amide bonds. The Labute approximate surface area is 563 Å². The Balaban J connectivity index is 1.12. The van der Waals surface area contributed by atoms with Crippen LogP contribution in [0.5, 0.6) is 0 Å². The minimum Gasteiger partial charge on any atom is -0.311 e. The van der Waals surface area contributed by atoms with Gasteiger partial charge in [0.1, 0.15) is 0 Å². The second kappa shape index (κ2) is 20.1. The van der Waals surface area contributed by atoms with Crippen molar-refractivity contribution in [1.82, 2.24) is 0 Å². The van der Waals surface area contributed by atoms with Crippen LogP contribution < -0.4 is 30.4 Å². The first-order chi connectivity index (χ1) is 43.4. The fourth-order valence-electron chi connectivity index (χ4n) is 18.2. The lowest BCUT2D eigenvalue weighted by Gasteiger charge is -2.51. The predicted octanol–water partition coefficient (Wildman–Crippen LogP) is 23.1. The molecule has 9 aromatic rings. The second-order valence-corrected chi connectivity index (χ2v) is 37.8. The highest BCUT2D eigenvalue weighted by Crippen LogP contribution is 2.61. The van der Waals surface area contributed by atoms with E-state index in [1.807, 2.05) is 0 Å². The number of nitrogens with zero attached hydrogens (tertiary/aromatic N) is 3. The van der Waals surface area contributed by atoms with E-state index >= 15 is 0 Å². The van der Waals surface area contributed by atoms with E-state index in [1.54, 1.807) is 16.7 Å². The van der Waals surface area contributed by atoms with E-state index in [0.29, 0.717) is 0 Å². The Morgan fingerprint density at radius 3 is 1.43 bits per heavy atom. The van der Waals surface area contributed by atoms with Crippen LogP contribution in [0.1, 0.15) is 252 Å². The summed E-state index contributed by atoms with van der Waals surface area (Å²) in [6.07, 6.45) is 8.15. The molecule has 8 aromatic carbocycles. The molecule has 3 aliphatic carbocycles. The summed E-state index contributed by atoms with van der Waals surface area (Å²) in [4.78, 5) is 8.21. The van der Waals surface area contributed by atoms with Crippen molar-refractivity contribution in [2.45, 2.75) is 244 Å². The van der Waals surface area contributed by atoms with Gasteiger partial charge in [0.05, 0.1) is 11.4 Å². The summed E-state index contributed by atoms with van der Waals surface area (Å²) in [5, 5.41) is 1.40. The molecule has 2 atom stereocenters. The molecular weight excluding hydrogens is 1140 g/mol. The molecule has 0 saturated carbocycles. The Kier molecular flexibility index (Phi) is 13.5. The molecular formula is C88H102BN3S. The lowest BCUT2D eigenvalue weighted by atomic mass is 9.35. The van der Waals surface area contributed by atoms with Crippen LogP contribution in [-0.4, -0.2) is 6.71 Å². The van der Waals surface area contributed by atoms with E-state index < -0.39 is 0 Å². The summed E-state index contributed by atoms with van der Waals surface area (Å²) < 4.78 is 2.88. The quantitative estimate of drug-likeness (QED) is 0.154. The number of fused-ring (bicyclic) bond motifs is 7. The Morgan fingerprint density at radius 1 is 0.387 bits per heavy atom. The van der Waals surface area contributed by atoms with E-state index in [-0.39, 0.29) is 60.9 Å². The standard InChI is InChI=1S/C88H102BN3S/c1-79(2,3)54-27-31-59(32-28-54)90(60-33-29-56(30-34-60)86(18,19)55-25-23-22-24-26-55)63-47-73-76-74(48-63)92-61-35-36-65-69(46-61)87(20,41-39-82(65,10)11)53-88(21)42-40-85(16,17)68-52-75-64(49-70(68)88)77(92)78(93-75)89(76)71-50-66-67(84(14,15)38-37-83(66,12)13)51-72(71)91(73)62-44-57(80(4,5)6)43-58(45-62)81(7,8)9/h22-36,43-52H,37-42,53H2,1-21H3. The molecule has 5 heteroatoms. The van der Waals surface area contributed by atoms with E-state index in [9.17, 15) is 0 Å². The molecule has 1 aromatic heterocycles. The van der Waals surface area contributed by atoms with Gasteiger partial charge in [0.25, 0.3) is 6.71 Å². The van der Waals surface area contributed by atoms with Gasteiger partial charge in [-0.3, -0.25) is 0 Å². The zero-order valence-corrected chi connectivity index (χ0v) is 61.0. The summed E-state index contributed by atoms with van der Waals surface area (Å²) in [7, 11) is 0. The highest BCUT2D eigenvalue weighted by atomic mass is 32.1. The van der Waals surface area contributed by atoms with Crippen LogP contribution in [0.25, 0.3) is 10.1 Å². The zero-order valence-electron chi connectivity index (χ0n) is 60.2. The van der Waals surface area contributed by atoms with Crippen LogP contribution in [0.3, 0.4) is 0 Å². The van der Waals surface area contributed by atoms with Crippen LogP contribution in [0.2, 0.25) is 0 Å². The van der Waals surface area contributed by atoms with Crippen molar-refractivity contribution in [3.8, 4) is 0 Å². The van der Waals surface area contributed by atoms with Crippen molar-refractivity contribution in [2.75, 3.05) is 14.7 Å². The van der Waals surface area contributed by atoms with Crippen molar-refractivity contribution < 1.29 is 0 Å². The van der Waals surface area contributed by atoms with Gasteiger partial charge >= 0.3 is 0 Å². The summed E-state index contributed by atoms with van der Waals surface area (Å²) in [6.45, 7) is 51.7. The number of rotatable bonds is 6. The summed E-state index contributed by atoms with van der Waals surface area (Å²) in [5.41, 5.74) is 29.4. The third-order valence-electron chi connectivity index (χ3n) is 24.7. The smallest absolute Gasteiger partial charge is 0.264 e. The van der Waals surface area contributed by atoms with E-state index in [4.69, 9.17) is 0 Å². The van der Waals surface area contributed by atoms with E-state index in [2.05, 4.69) is 323 Å². The average molecular weight is 1240 g/mol. The highest BCUT2D eigenvalue weighted by molar-refractivity contribution is 7.33. The normalized spacial score (nSPS) is 21.2. The van der Waals surface area contributed by atoms with Crippen molar-refractivity contribution in [3.63, 3.8) is 0 Å². The van der Waals surface area contributed by atoms with Crippen molar-refractivity contribution in [1.29, 1.82) is 0 Å². The number of thiophene rings is 1. The predicted molar refractivity (Wildman–Crippen MR) is 404 cm³/mol. The summed E-state index contributed by atoms with van der Waals surface area (Å²) in [6, 6.07) is 62.0. The lowest BCUT2D eigenvalue weighted by Crippen LogP contribution is -2.61. The molecule has 3 nitrogen and oxygen atoms in total. The Hall–Kier alpha value is -6.82. The molecule has 0 spiro atoms. The van der Waals surface area contributed by atoms with Crippen LogP contribution in [-0.2, 0) is 54.1 Å². The number of benzene rings is 8. The third-order valence-corrected chi connectivity index (χ3v) is 25.9. The topological polar surface area (TPSA) is 9.72 Å². The SMILES string of the molecule is CC(C)(C)c1ccc(N(c2ccc(C(C)(C)c3ccccc3)cc2)c2cc3c4c(c2)N2c5ccc6c(c5)C(C)(CCC6(C)C)CC5(C)CCC(C)(C)c6cc7sc(c2c7cc65)B4c2cc4c(cc2N3c2cc(C(C)(C)C)cc(C(C)(C)C)c2)C(C)(C)CCC4(C)C)cc1. The van der Waals surface area contributed by atoms with Gasteiger partial charge < -0.3 is 14.7 Å². The molecule has 0 fully saturated rings. The van der Waals surface area contributed by atoms with Crippen LogP contribution in [0.4, 0.5) is 51.2 Å². The van der Waals surface area contributed by atoms with Crippen LogP contribution in [0, 0.1) is 0 Å². The monoisotopic (exact) mass is 1240 g/mol. The number of hydrogen-bond donors (Lipinski definition) is 0. The van der Waals surface area contributed by atoms with Crippen molar-refractivity contribution in [2.24, 2.45) is 0 Å². The van der Waals surface area contributed by atoms with Crippen LogP contribution >= 0.6 is 11.3 Å². The van der Waals surface area contributed by atoms with Crippen molar-refractivity contribution >= 4 is 95.0 Å². The van der Waals surface area contributed by atoms with Gasteiger partial charge in [-0.1, -0.05) is 218 Å². The van der Waals surface area contributed by atoms with E-state index in [1.165, 1.54) is 130 Å². The first kappa shape index (κ1) is 62.3. The minimum absolute atomic E-state index is 0.00274. The lowest BCUT2D eigenvalue weighted by molar-refractivity contribution is 0.208. The molecule has 3 aliphatic heterocycles. The number of anilines is 9. The number of hydrogen-bond acceptors (Lipinski definition) is 4. The molecule has 0 radical (unpaired) electrons. The van der Waals surface area contributed by atoms with Crippen molar-refractivity contribution in [3.05, 3.63) is 213 Å². The second-order valence-electron chi connectivity index (χ2n) is 36.7. The molecule has 93 heavy (non-hydrogen) atoms. The molecule has 0 saturated heterocycles. The van der Waals surface area contributed by atoms with Gasteiger partial charge in [-0.25, -0.2) is 0 Å². The molecule has 15 rings (SSSR count). The first-order valence-corrected chi connectivity index (χ1v) is 36.2. The molecule has 478 valence electrons. The van der Waals surface area contributed by atoms with Gasteiger partial charge in [0.15, 0.2) is 0 Å². The summed E-state index contributed by atoms with van der Waals surface area (Å²) in [5.74, 6) is 0. The molecule has 6 aliphatic rings. The molecule has 0 N–H and O–H groups in total. The van der Waals surface area contributed by atoms with E-state index in [0.717, 1.165) is 36.3 Å². The van der Waals surface area contributed by atoms with Gasteiger partial charge in [0, 0.05) is 60.1 Å². The third kappa shape index (κ3) is 9.65. The maximum Gasteiger partial charge on any atom is 0.264 e. The van der Waals surface area contributed by atoms with Gasteiger partial charge in [-0.05, 0) is 245 Å². The zero-order chi connectivity index (χ0) is 66.1. The maximum absolute atomic E-state index is 2.82. The minimum atomic E-state index is -0.204. The fraction of sp³-hybridized carbons (Fsp3) is 0.432. The largest absolute Gasteiger partial charge is 0.311 e. The highest BCUT2D eigenvalue weighted by Gasteiger charge is 2.52. The maximum atomic E-state index is 2.82. The Bertz CT molecular complexity index is 4520. The van der Waals surface area contributed by atoms with Gasteiger partial charge in [-0.2, -0.15) is 0 Å². The van der Waals surface area contributed by atoms with Crippen LogP contribution in [0.15, 0.2) is 152 Å². The fourth-order valence-corrected chi connectivity index (χ4v) is 19.6. The summed E-state index contributed by atoms with van der Waals surface area (Å²) >= 11 is 2.10. The first-order valence-electron chi connectivity index (χ1n) is 35.4. The Morgan fingerprint density at radius 2 is 0.871 bits per heavy atom. The molecule has 4 bridgehead atoms. The average Bonchev–Trinajstić information content (AvgIpc) is 1.66. The molecule has 4 heterocycles. The van der Waals surface area contributed by atoms with Gasteiger partial charge in [-0.15, -0.1) is 11.3 Å². The van der Waals surface area contributed by atoms with Gasteiger partial charge in [0.2, 0.25) is 0 Å².